The van der Waals surface area contributed by atoms with Crippen molar-refractivity contribution in [3.05, 3.63) is 0 Å². The Morgan fingerprint density at radius 1 is 1.37 bits per heavy atom. The topological polar surface area (TPSA) is 38.3 Å². The molecule has 0 aromatic heterocycles. The monoisotopic (exact) mass is 281 g/mol. The lowest BCUT2D eigenvalue weighted by molar-refractivity contribution is -0.124. The molecule has 0 heterocycles. The van der Waals surface area contributed by atoms with Crippen molar-refractivity contribution in [2.75, 3.05) is 6.54 Å². The fourth-order valence-corrected chi connectivity index (χ4v) is 2.60. The maximum absolute atomic E-state index is 12.0. The number of hydrogen-bond acceptors (Lipinski definition) is 2. The van der Waals surface area contributed by atoms with Crippen molar-refractivity contribution in [3.63, 3.8) is 0 Å². The van der Waals surface area contributed by atoms with E-state index in [0.717, 1.165) is 19.3 Å². The van der Waals surface area contributed by atoms with Gasteiger partial charge in [-0.1, -0.05) is 27.2 Å². The van der Waals surface area contributed by atoms with Crippen LogP contribution in [0.4, 0.5) is 18.0 Å². The molecule has 0 saturated heterocycles. The molecule has 1 saturated carbocycles. The van der Waals surface area contributed by atoms with Crippen LogP contribution in [-0.2, 0) is 4.74 Å². The number of halogens is 3. The minimum atomic E-state index is -4.41. The molecule has 0 aliphatic heterocycles. The van der Waals surface area contributed by atoms with E-state index in [4.69, 9.17) is 4.74 Å². The Morgan fingerprint density at radius 2 is 2.00 bits per heavy atom. The summed E-state index contributed by atoms with van der Waals surface area (Å²) in [5.74, 6) is 1.02. The molecule has 6 heteroatoms. The predicted molar refractivity (Wildman–Crippen MR) is 65.7 cm³/mol. The van der Waals surface area contributed by atoms with Gasteiger partial charge in [0.2, 0.25) is 0 Å². The quantitative estimate of drug-likeness (QED) is 0.856. The van der Waals surface area contributed by atoms with E-state index in [2.05, 4.69) is 6.92 Å². The normalized spacial score (nSPS) is 28.3. The van der Waals surface area contributed by atoms with E-state index < -0.39 is 18.8 Å². The average molecular weight is 281 g/mol. The van der Waals surface area contributed by atoms with Crippen LogP contribution in [0.25, 0.3) is 0 Å². The van der Waals surface area contributed by atoms with Crippen LogP contribution < -0.4 is 5.32 Å². The SMILES string of the molecule is CC(C)[C@@H]1CC[C@@H](C)C[C@H]1OC(=O)NCC(F)(F)F. The predicted octanol–water partition coefficient (Wildman–Crippen LogP) is 3.74. The van der Waals surface area contributed by atoms with E-state index in [1.54, 1.807) is 5.32 Å². The number of carbonyl (C=O) groups is 1. The number of alkyl carbamates (subject to hydrolysis) is 1. The van der Waals surface area contributed by atoms with Crippen LogP contribution in [0, 0.1) is 17.8 Å². The Bertz CT molecular complexity index is 305. The van der Waals surface area contributed by atoms with Crippen LogP contribution >= 0.6 is 0 Å². The largest absolute Gasteiger partial charge is 0.446 e. The molecule has 3 atom stereocenters. The zero-order valence-electron chi connectivity index (χ0n) is 11.6. The smallest absolute Gasteiger partial charge is 0.407 e. The third kappa shape index (κ3) is 5.70. The minimum Gasteiger partial charge on any atom is -0.446 e. The molecule has 1 rings (SSSR count). The van der Waals surface area contributed by atoms with Gasteiger partial charge in [0, 0.05) is 0 Å². The second kappa shape index (κ2) is 6.48. The van der Waals surface area contributed by atoms with Crippen molar-refractivity contribution in [2.24, 2.45) is 17.8 Å². The summed E-state index contributed by atoms with van der Waals surface area (Å²) in [6.07, 6.45) is -2.90. The molecule has 1 aliphatic carbocycles. The van der Waals surface area contributed by atoms with E-state index in [0.29, 0.717) is 11.8 Å². The van der Waals surface area contributed by atoms with Gasteiger partial charge in [-0.05, 0) is 30.6 Å². The first-order valence-electron chi connectivity index (χ1n) is 6.70. The summed E-state index contributed by atoms with van der Waals surface area (Å²) in [6, 6.07) is 0. The summed E-state index contributed by atoms with van der Waals surface area (Å²) in [4.78, 5) is 11.4. The van der Waals surface area contributed by atoms with Crippen LogP contribution in [0.15, 0.2) is 0 Å². The Balaban J connectivity index is 2.49. The van der Waals surface area contributed by atoms with Gasteiger partial charge in [0.15, 0.2) is 0 Å². The van der Waals surface area contributed by atoms with Crippen molar-refractivity contribution in [3.8, 4) is 0 Å². The van der Waals surface area contributed by atoms with Gasteiger partial charge in [0.1, 0.15) is 12.6 Å². The van der Waals surface area contributed by atoms with Crippen LogP contribution in [0.5, 0.6) is 0 Å². The molecule has 1 aliphatic rings. The highest BCUT2D eigenvalue weighted by Gasteiger charge is 2.34. The molecule has 0 spiro atoms. The Morgan fingerprint density at radius 3 is 2.53 bits per heavy atom. The second-order valence-electron chi connectivity index (χ2n) is 5.74. The van der Waals surface area contributed by atoms with Crippen molar-refractivity contribution < 1.29 is 22.7 Å². The molecule has 3 nitrogen and oxygen atoms in total. The van der Waals surface area contributed by atoms with Crippen molar-refractivity contribution in [2.45, 2.75) is 52.3 Å². The molecule has 0 unspecified atom stereocenters. The van der Waals surface area contributed by atoms with Gasteiger partial charge in [0.25, 0.3) is 0 Å². The fraction of sp³-hybridized carbons (Fsp3) is 0.923. The highest BCUT2D eigenvalue weighted by Crippen LogP contribution is 2.35. The highest BCUT2D eigenvalue weighted by atomic mass is 19.4. The number of carbonyl (C=O) groups excluding carboxylic acids is 1. The van der Waals surface area contributed by atoms with Crippen LogP contribution in [-0.4, -0.2) is 24.9 Å². The summed E-state index contributed by atoms with van der Waals surface area (Å²) in [5.41, 5.74) is 0. The lowest BCUT2D eigenvalue weighted by Crippen LogP contribution is -2.41. The van der Waals surface area contributed by atoms with E-state index in [1.807, 2.05) is 13.8 Å². The number of alkyl halides is 3. The Hall–Kier alpha value is -0.940. The van der Waals surface area contributed by atoms with Crippen LogP contribution in [0.2, 0.25) is 0 Å². The molecule has 0 bridgehead atoms. The first-order valence-corrected chi connectivity index (χ1v) is 6.70. The summed E-state index contributed by atoms with van der Waals surface area (Å²) in [6.45, 7) is 4.82. The van der Waals surface area contributed by atoms with Crippen LogP contribution in [0.3, 0.4) is 0 Å². The van der Waals surface area contributed by atoms with Gasteiger partial charge in [-0.15, -0.1) is 0 Å². The molecule has 19 heavy (non-hydrogen) atoms. The first-order chi connectivity index (χ1) is 8.69. The van der Waals surface area contributed by atoms with E-state index in [9.17, 15) is 18.0 Å². The highest BCUT2D eigenvalue weighted by molar-refractivity contribution is 5.67. The molecule has 1 amide bonds. The third-order valence-electron chi connectivity index (χ3n) is 3.65. The number of ether oxygens (including phenoxy) is 1. The molecule has 1 fully saturated rings. The molecule has 0 aromatic rings. The number of amides is 1. The molecule has 1 N–H and O–H groups in total. The molecule has 0 radical (unpaired) electrons. The minimum absolute atomic E-state index is 0.229. The van der Waals surface area contributed by atoms with Gasteiger partial charge in [-0.25, -0.2) is 4.79 Å². The maximum Gasteiger partial charge on any atom is 0.407 e. The number of rotatable bonds is 3. The fourth-order valence-electron chi connectivity index (χ4n) is 2.60. The van der Waals surface area contributed by atoms with Gasteiger partial charge in [-0.3, -0.25) is 0 Å². The number of hydrogen-bond donors (Lipinski definition) is 1. The second-order valence-corrected chi connectivity index (χ2v) is 5.74. The van der Waals surface area contributed by atoms with Crippen molar-refractivity contribution in [1.29, 1.82) is 0 Å². The zero-order valence-corrected chi connectivity index (χ0v) is 11.6. The third-order valence-corrected chi connectivity index (χ3v) is 3.65. The molecule has 112 valence electrons. The van der Waals surface area contributed by atoms with Crippen molar-refractivity contribution >= 4 is 6.09 Å². The lowest BCUT2D eigenvalue weighted by atomic mass is 9.75. The van der Waals surface area contributed by atoms with Gasteiger partial charge in [0.05, 0.1) is 0 Å². The van der Waals surface area contributed by atoms with E-state index >= 15 is 0 Å². The summed E-state index contributed by atoms with van der Waals surface area (Å²) in [5, 5.41) is 1.76. The molecular formula is C13H22F3NO2. The van der Waals surface area contributed by atoms with Gasteiger partial charge < -0.3 is 10.1 Å². The first kappa shape index (κ1) is 16.1. The van der Waals surface area contributed by atoms with Crippen LogP contribution in [0.1, 0.15) is 40.0 Å². The lowest BCUT2D eigenvalue weighted by Gasteiger charge is -2.36. The number of nitrogens with one attached hydrogen (secondary N) is 1. The summed E-state index contributed by atoms with van der Waals surface area (Å²) < 4.78 is 41.2. The summed E-state index contributed by atoms with van der Waals surface area (Å²) in [7, 11) is 0. The van der Waals surface area contributed by atoms with Gasteiger partial charge in [-0.2, -0.15) is 13.2 Å². The van der Waals surface area contributed by atoms with E-state index in [-0.39, 0.29) is 12.0 Å². The Kier molecular flexibility index (Phi) is 5.50. The van der Waals surface area contributed by atoms with Crippen molar-refractivity contribution in [1.82, 2.24) is 5.32 Å². The summed E-state index contributed by atoms with van der Waals surface area (Å²) >= 11 is 0. The molecule has 0 aromatic carbocycles. The van der Waals surface area contributed by atoms with E-state index in [1.165, 1.54) is 0 Å². The standard InChI is InChI=1S/C13H22F3NO2/c1-8(2)10-5-4-9(3)6-11(10)19-12(18)17-7-13(14,15)16/h8-11H,4-7H2,1-3H3,(H,17,18)/t9-,10+,11-/m1/s1. The zero-order chi connectivity index (χ0) is 14.6. The molecular weight excluding hydrogens is 259 g/mol. The average Bonchev–Trinajstić information content (AvgIpc) is 2.25. The maximum atomic E-state index is 12.0. The Labute approximate surface area is 111 Å². The van der Waals surface area contributed by atoms with Gasteiger partial charge >= 0.3 is 12.3 Å².